The molecule has 1 unspecified atom stereocenters. The lowest BCUT2D eigenvalue weighted by molar-refractivity contribution is -0.134. The molecule has 20 heavy (non-hydrogen) atoms. The van der Waals surface area contributed by atoms with E-state index in [1.165, 1.54) is 0 Å². The van der Waals surface area contributed by atoms with Gasteiger partial charge in [-0.1, -0.05) is 0 Å². The number of hydrogen-bond donors (Lipinski definition) is 1. The van der Waals surface area contributed by atoms with Crippen LogP contribution in [-0.2, 0) is 11.8 Å². The Kier molecular flexibility index (Phi) is 5.83. The van der Waals surface area contributed by atoms with Gasteiger partial charge in [0.2, 0.25) is 0 Å². The molecule has 1 aliphatic heterocycles. The molecule has 1 amide bonds. The molecule has 7 heteroatoms. The smallest absolute Gasteiger partial charge is 0.260 e. The predicted molar refractivity (Wildman–Crippen MR) is 79.2 cm³/mol. The Morgan fingerprint density at radius 1 is 1.50 bits per heavy atom. The third-order valence-corrected chi connectivity index (χ3v) is 3.75. The number of hydrogen-bond acceptors (Lipinski definition) is 4. The van der Waals surface area contributed by atoms with E-state index in [0.29, 0.717) is 12.3 Å². The predicted octanol–water partition coefficient (Wildman–Crippen LogP) is 0.787. The summed E-state index contributed by atoms with van der Waals surface area (Å²) in [6, 6.07) is 0.173. The molecule has 0 saturated carbocycles. The molecule has 0 aliphatic carbocycles. The van der Waals surface area contributed by atoms with Crippen LogP contribution in [0.15, 0.2) is 0 Å². The van der Waals surface area contributed by atoms with Crippen molar-refractivity contribution in [3.63, 3.8) is 0 Å². The van der Waals surface area contributed by atoms with Crippen molar-refractivity contribution in [2.45, 2.75) is 32.7 Å². The quantitative estimate of drug-likeness (QED) is 0.892. The lowest BCUT2D eigenvalue weighted by Gasteiger charge is -2.23. The topological polar surface area (TPSA) is 73.4 Å². The van der Waals surface area contributed by atoms with Crippen molar-refractivity contribution in [2.24, 2.45) is 12.8 Å². The number of amides is 1. The first-order valence-electron chi connectivity index (χ1n) is 6.67. The second kappa shape index (κ2) is 6.95. The van der Waals surface area contributed by atoms with E-state index in [0.717, 1.165) is 30.8 Å². The number of nitrogens with two attached hydrogens (primary N) is 1. The summed E-state index contributed by atoms with van der Waals surface area (Å²) >= 11 is 0. The largest absolute Gasteiger partial charge is 0.480 e. The molecule has 1 saturated heterocycles. The molecular weight excluding hydrogens is 280 g/mol. The maximum atomic E-state index is 12.1. The highest BCUT2D eigenvalue weighted by molar-refractivity contribution is 5.85. The number of rotatable bonds is 4. The van der Waals surface area contributed by atoms with Gasteiger partial charge in [0, 0.05) is 26.2 Å². The van der Waals surface area contributed by atoms with Crippen molar-refractivity contribution in [2.75, 3.05) is 19.7 Å². The van der Waals surface area contributed by atoms with Crippen molar-refractivity contribution >= 4 is 18.3 Å². The zero-order chi connectivity index (χ0) is 14.0. The van der Waals surface area contributed by atoms with E-state index in [9.17, 15) is 4.79 Å². The molecule has 6 nitrogen and oxygen atoms in total. The SMILES string of the molecule is Cc1nn(C)c(C)c1OCC(=O)N1CCCC1CN.Cl. The molecule has 2 N–H and O–H groups in total. The number of aryl methyl sites for hydroxylation is 2. The van der Waals surface area contributed by atoms with Crippen molar-refractivity contribution in [3.05, 3.63) is 11.4 Å². The van der Waals surface area contributed by atoms with E-state index in [1.807, 2.05) is 25.8 Å². The lowest BCUT2D eigenvalue weighted by atomic mass is 10.2. The third-order valence-electron chi connectivity index (χ3n) is 3.75. The molecule has 2 rings (SSSR count). The number of ether oxygens (including phenoxy) is 1. The van der Waals surface area contributed by atoms with Gasteiger partial charge in [-0.05, 0) is 26.7 Å². The average molecular weight is 303 g/mol. The minimum atomic E-state index is 0. The molecule has 0 aromatic carbocycles. The minimum Gasteiger partial charge on any atom is -0.480 e. The molecular formula is C13H23ClN4O2. The van der Waals surface area contributed by atoms with Crippen LogP contribution in [0.3, 0.4) is 0 Å². The van der Waals surface area contributed by atoms with Gasteiger partial charge in [-0.15, -0.1) is 12.4 Å². The van der Waals surface area contributed by atoms with Crippen LogP contribution in [0.4, 0.5) is 0 Å². The highest BCUT2D eigenvalue weighted by atomic mass is 35.5. The van der Waals surface area contributed by atoms with Crippen LogP contribution >= 0.6 is 12.4 Å². The fourth-order valence-electron chi connectivity index (χ4n) is 2.59. The second-order valence-corrected chi connectivity index (χ2v) is 5.03. The third kappa shape index (κ3) is 3.24. The van der Waals surface area contributed by atoms with Crippen LogP contribution in [0.2, 0.25) is 0 Å². The van der Waals surface area contributed by atoms with Crippen molar-refractivity contribution < 1.29 is 9.53 Å². The van der Waals surface area contributed by atoms with E-state index < -0.39 is 0 Å². The number of aromatic nitrogens is 2. The molecule has 2 heterocycles. The van der Waals surface area contributed by atoms with Gasteiger partial charge in [0.1, 0.15) is 5.69 Å². The van der Waals surface area contributed by atoms with E-state index in [4.69, 9.17) is 10.5 Å². The number of nitrogens with zero attached hydrogens (tertiary/aromatic N) is 3. The van der Waals surface area contributed by atoms with E-state index >= 15 is 0 Å². The van der Waals surface area contributed by atoms with E-state index in [2.05, 4.69) is 5.10 Å². The maximum Gasteiger partial charge on any atom is 0.260 e. The van der Waals surface area contributed by atoms with Crippen molar-refractivity contribution in [1.29, 1.82) is 0 Å². The number of likely N-dealkylation sites (tertiary alicyclic amines) is 1. The fraction of sp³-hybridized carbons (Fsp3) is 0.692. The fourth-order valence-corrected chi connectivity index (χ4v) is 2.59. The molecule has 0 bridgehead atoms. The highest BCUT2D eigenvalue weighted by Crippen LogP contribution is 2.22. The van der Waals surface area contributed by atoms with Crippen LogP contribution in [0, 0.1) is 13.8 Å². The Morgan fingerprint density at radius 3 is 2.75 bits per heavy atom. The molecule has 114 valence electrons. The van der Waals surface area contributed by atoms with Gasteiger partial charge in [-0.2, -0.15) is 5.10 Å². The zero-order valence-corrected chi connectivity index (χ0v) is 13.1. The van der Waals surface area contributed by atoms with Gasteiger partial charge in [-0.25, -0.2) is 0 Å². The van der Waals surface area contributed by atoms with Crippen LogP contribution in [-0.4, -0.2) is 46.3 Å². The second-order valence-electron chi connectivity index (χ2n) is 5.03. The van der Waals surface area contributed by atoms with Gasteiger partial charge in [0.05, 0.1) is 5.69 Å². The van der Waals surface area contributed by atoms with Crippen LogP contribution in [0.1, 0.15) is 24.2 Å². The first kappa shape index (κ1) is 16.8. The summed E-state index contributed by atoms with van der Waals surface area (Å²) in [5.74, 6) is 0.718. The van der Waals surface area contributed by atoms with Crippen LogP contribution in [0.5, 0.6) is 5.75 Å². The Balaban J connectivity index is 0.00000200. The van der Waals surface area contributed by atoms with Gasteiger partial charge < -0.3 is 15.4 Å². The van der Waals surface area contributed by atoms with Crippen molar-refractivity contribution in [1.82, 2.24) is 14.7 Å². The molecule has 1 aromatic heterocycles. The van der Waals surface area contributed by atoms with Gasteiger partial charge in [-0.3, -0.25) is 9.48 Å². The highest BCUT2D eigenvalue weighted by Gasteiger charge is 2.28. The summed E-state index contributed by atoms with van der Waals surface area (Å²) in [5.41, 5.74) is 7.42. The normalized spacial score (nSPS) is 18.0. The first-order valence-corrected chi connectivity index (χ1v) is 6.67. The summed E-state index contributed by atoms with van der Waals surface area (Å²) in [5, 5.41) is 4.26. The van der Waals surface area contributed by atoms with Crippen molar-refractivity contribution in [3.8, 4) is 5.75 Å². The standard InChI is InChI=1S/C13H22N4O2.ClH/c1-9-13(10(2)16(3)15-9)19-8-12(18)17-6-4-5-11(17)7-14;/h11H,4-8,14H2,1-3H3;1H. The molecule has 1 fully saturated rings. The Bertz CT molecular complexity index is 475. The Morgan fingerprint density at radius 2 is 2.20 bits per heavy atom. The number of carbonyl (C=O) groups is 1. The minimum absolute atomic E-state index is 0. The molecule has 1 aromatic rings. The molecule has 1 aliphatic rings. The van der Waals surface area contributed by atoms with Crippen LogP contribution in [0.25, 0.3) is 0 Å². The van der Waals surface area contributed by atoms with E-state index in [1.54, 1.807) is 4.68 Å². The summed E-state index contributed by atoms with van der Waals surface area (Å²) < 4.78 is 7.40. The molecule has 0 spiro atoms. The Hall–Kier alpha value is -1.27. The van der Waals surface area contributed by atoms with Crippen LogP contribution < -0.4 is 10.5 Å². The monoisotopic (exact) mass is 302 g/mol. The summed E-state index contributed by atoms with van der Waals surface area (Å²) in [6.45, 7) is 5.18. The van der Waals surface area contributed by atoms with Gasteiger partial charge >= 0.3 is 0 Å². The summed E-state index contributed by atoms with van der Waals surface area (Å²) in [7, 11) is 1.86. The number of carbonyl (C=O) groups excluding carboxylic acids is 1. The maximum absolute atomic E-state index is 12.1. The molecule has 1 atom stereocenters. The summed E-state index contributed by atoms with van der Waals surface area (Å²) in [4.78, 5) is 14.0. The van der Waals surface area contributed by atoms with Gasteiger partial charge in [0.25, 0.3) is 5.91 Å². The van der Waals surface area contributed by atoms with E-state index in [-0.39, 0.29) is 31.0 Å². The zero-order valence-electron chi connectivity index (χ0n) is 12.3. The average Bonchev–Trinajstić information content (AvgIpc) is 2.94. The first-order chi connectivity index (χ1) is 9.04. The molecule has 0 radical (unpaired) electrons. The summed E-state index contributed by atoms with van der Waals surface area (Å²) in [6.07, 6.45) is 2.02. The van der Waals surface area contributed by atoms with Gasteiger partial charge in [0.15, 0.2) is 12.4 Å². The Labute approximate surface area is 125 Å². The number of halogens is 1. The lowest BCUT2D eigenvalue weighted by Crippen LogP contribution is -2.42.